The van der Waals surface area contributed by atoms with Crippen molar-refractivity contribution >= 4 is 23.9 Å². The summed E-state index contributed by atoms with van der Waals surface area (Å²) < 4.78 is 22.9. The highest BCUT2D eigenvalue weighted by molar-refractivity contribution is 5.70. The average Bonchev–Trinajstić information content (AvgIpc) is 3.88. The summed E-state index contributed by atoms with van der Waals surface area (Å²) in [6.07, 6.45) is 36.6. The van der Waals surface area contributed by atoms with Gasteiger partial charge in [-0.15, -0.1) is 0 Å². The second kappa shape index (κ2) is 47.1. The van der Waals surface area contributed by atoms with Crippen LogP contribution in [0.15, 0.2) is 0 Å². The number of carbonyl (C=O) groups excluding carboxylic acids is 4. The molecule has 1 saturated carbocycles. The molecule has 400 valence electrons. The zero-order chi connectivity index (χ0) is 49.6. The summed E-state index contributed by atoms with van der Waals surface area (Å²) in [5.41, 5.74) is 0. The van der Waals surface area contributed by atoms with Crippen LogP contribution in [0.25, 0.3) is 0 Å². The smallest absolute Gasteiger partial charge is 0.305 e. The van der Waals surface area contributed by atoms with Gasteiger partial charge in [-0.05, 0) is 103 Å². The highest BCUT2D eigenvalue weighted by Gasteiger charge is 2.23. The van der Waals surface area contributed by atoms with Gasteiger partial charge in [0.1, 0.15) is 0 Å². The van der Waals surface area contributed by atoms with E-state index in [0.717, 1.165) is 155 Å². The van der Waals surface area contributed by atoms with Crippen molar-refractivity contribution in [3.63, 3.8) is 0 Å². The van der Waals surface area contributed by atoms with Gasteiger partial charge in [-0.1, -0.05) is 156 Å². The fourth-order valence-electron chi connectivity index (χ4n) is 9.44. The van der Waals surface area contributed by atoms with Gasteiger partial charge in [0.25, 0.3) is 0 Å². The molecule has 0 atom stereocenters. The lowest BCUT2D eigenvalue weighted by molar-refractivity contribution is -0.151. The van der Waals surface area contributed by atoms with Crippen LogP contribution in [-0.4, -0.2) is 111 Å². The van der Waals surface area contributed by atoms with Crippen LogP contribution in [0.4, 0.5) is 0 Å². The molecule has 0 spiro atoms. The molecule has 68 heavy (non-hydrogen) atoms. The standard InChI is InChI=1S/C57H108N2O9/c1-5-9-13-17-21-37-54(61)65-47-51(48-66-55(62)38-22-18-14-10-6-2)33-27-29-41-58(45-46-60)42-31-32-44-59(53-35-25-26-36-53)43-30-28-34-52(49-67-56(63)39-23-19-15-11-7-3)50-68-57(64)40-24-20-16-12-8-4/h51-53,60H,5-50H2,1-4H3. The monoisotopic (exact) mass is 965 g/mol. The first-order valence-corrected chi connectivity index (χ1v) is 29.0. The molecule has 1 aliphatic rings. The summed E-state index contributed by atoms with van der Waals surface area (Å²) in [5, 5.41) is 9.93. The Hall–Kier alpha value is -2.24. The van der Waals surface area contributed by atoms with E-state index in [0.29, 0.717) is 64.7 Å². The van der Waals surface area contributed by atoms with Gasteiger partial charge in [-0.25, -0.2) is 0 Å². The van der Waals surface area contributed by atoms with E-state index in [1.165, 1.54) is 77.0 Å². The molecule has 0 radical (unpaired) electrons. The van der Waals surface area contributed by atoms with Crippen LogP contribution in [0.5, 0.6) is 0 Å². The van der Waals surface area contributed by atoms with Gasteiger partial charge in [0.15, 0.2) is 0 Å². The fraction of sp³-hybridized carbons (Fsp3) is 0.930. The van der Waals surface area contributed by atoms with E-state index in [1.807, 2.05) is 0 Å². The molecule has 0 aliphatic heterocycles. The van der Waals surface area contributed by atoms with Crippen LogP contribution in [-0.2, 0) is 38.1 Å². The zero-order valence-electron chi connectivity index (χ0n) is 44.9. The van der Waals surface area contributed by atoms with Gasteiger partial charge in [0, 0.05) is 50.1 Å². The van der Waals surface area contributed by atoms with Crippen LogP contribution in [0.3, 0.4) is 0 Å². The van der Waals surface area contributed by atoms with Crippen LogP contribution < -0.4 is 0 Å². The topological polar surface area (TPSA) is 132 Å². The largest absolute Gasteiger partial charge is 0.465 e. The number of carbonyl (C=O) groups is 4. The highest BCUT2D eigenvalue weighted by Crippen LogP contribution is 2.25. The molecule has 0 unspecified atom stereocenters. The third-order valence-corrected chi connectivity index (χ3v) is 13.9. The van der Waals surface area contributed by atoms with E-state index in [-0.39, 0.29) is 42.3 Å². The molecular formula is C57H108N2O9. The molecule has 1 N–H and O–H groups in total. The number of unbranched alkanes of at least 4 members (excludes halogenated alkanes) is 19. The predicted octanol–water partition coefficient (Wildman–Crippen LogP) is 13.5. The molecule has 0 aromatic carbocycles. The van der Waals surface area contributed by atoms with E-state index in [4.69, 9.17) is 18.9 Å². The Morgan fingerprint density at radius 3 is 1.06 bits per heavy atom. The van der Waals surface area contributed by atoms with E-state index in [2.05, 4.69) is 37.5 Å². The fourth-order valence-corrected chi connectivity index (χ4v) is 9.44. The van der Waals surface area contributed by atoms with Gasteiger partial charge in [-0.2, -0.15) is 0 Å². The molecular weight excluding hydrogens is 857 g/mol. The molecule has 0 aromatic rings. The Balaban J connectivity index is 2.64. The van der Waals surface area contributed by atoms with Gasteiger partial charge >= 0.3 is 23.9 Å². The number of rotatable bonds is 50. The maximum Gasteiger partial charge on any atom is 0.305 e. The number of aliphatic hydroxyl groups excluding tert-OH is 1. The van der Waals surface area contributed by atoms with Crippen LogP contribution in [0, 0.1) is 11.8 Å². The maximum atomic E-state index is 12.6. The molecule has 0 bridgehead atoms. The molecule has 0 aromatic heterocycles. The number of aliphatic hydroxyl groups is 1. The quantitative estimate of drug-likeness (QED) is 0.0355. The minimum Gasteiger partial charge on any atom is -0.465 e. The summed E-state index contributed by atoms with van der Waals surface area (Å²) in [5.74, 6) is -0.570. The van der Waals surface area contributed by atoms with E-state index >= 15 is 0 Å². The van der Waals surface area contributed by atoms with Gasteiger partial charge in [0.2, 0.25) is 0 Å². The SMILES string of the molecule is CCCCCCCC(=O)OCC(CCCCN(CCO)CCCCN(CCCCC(COC(=O)CCCCCCC)COC(=O)CCCCCCC)C1CCCC1)COC(=O)CCCCCCC. The number of hydrogen-bond donors (Lipinski definition) is 1. The average molecular weight is 965 g/mol. The molecule has 0 amide bonds. The van der Waals surface area contributed by atoms with Crippen LogP contribution in [0.2, 0.25) is 0 Å². The maximum absolute atomic E-state index is 12.6. The van der Waals surface area contributed by atoms with E-state index in [1.54, 1.807) is 0 Å². The molecule has 1 aliphatic carbocycles. The van der Waals surface area contributed by atoms with Crippen LogP contribution in [0.1, 0.15) is 259 Å². The van der Waals surface area contributed by atoms with Crippen molar-refractivity contribution in [1.29, 1.82) is 0 Å². The summed E-state index contributed by atoms with van der Waals surface area (Å²) in [4.78, 5) is 55.4. The summed E-state index contributed by atoms with van der Waals surface area (Å²) in [6.45, 7) is 14.7. The Kier molecular flexibility index (Phi) is 44.2. The first-order valence-electron chi connectivity index (χ1n) is 29.0. The highest BCUT2D eigenvalue weighted by atomic mass is 16.6. The molecule has 11 nitrogen and oxygen atoms in total. The molecule has 1 rings (SSSR count). The minimum absolute atomic E-state index is 0.0123. The number of esters is 4. The van der Waals surface area contributed by atoms with Crippen molar-refractivity contribution in [3.05, 3.63) is 0 Å². The first kappa shape index (κ1) is 63.8. The Labute approximate surface area is 418 Å². The summed E-state index contributed by atoms with van der Waals surface area (Å²) in [7, 11) is 0. The Morgan fingerprint density at radius 1 is 0.412 bits per heavy atom. The van der Waals surface area contributed by atoms with Crippen molar-refractivity contribution < 1.29 is 43.2 Å². The summed E-state index contributed by atoms with van der Waals surface area (Å²) in [6, 6.07) is 0.638. The molecule has 0 saturated heterocycles. The van der Waals surface area contributed by atoms with Crippen molar-refractivity contribution in [3.8, 4) is 0 Å². The number of nitrogens with zero attached hydrogens (tertiary/aromatic N) is 2. The van der Waals surface area contributed by atoms with Crippen molar-refractivity contribution in [2.24, 2.45) is 11.8 Å². The molecule has 1 fully saturated rings. The van der Waals surface area contributed by atoms with Crippen LogP contribution >= 0.6 is 0 Å². The first-order chi connectivity index (χ1) is 33.3. The number of hydrogen-bond acceptors (Lipinski definition) is 11. The summed E-state index contributed by atoms with van der Waals surface area (Å²) >= 11 is 0. The minimum atomic E-state index is -0.153. The predicted molar refractivity (Wildman–Crippen MR) is 279 cm³/mol. The second-order valence-corrected chi connectivity index (χ2v) is 20.4. The van der Waals surface area contributed by atoms with Crippen molar-refractivity contribution in [2.75, 3.05) is 65.8 Å². The Morgan fingerprint density at radius 2 is 0.721 bits per heavy atom. The second-order valence-electron chi connectivity index (χ2n) is 20.4. The van der Waals surface area contributed by atoms with Crippen molar-refractivity contribution in [2.45, 2.75) is 265 Å². The van der Waals surface area contributed by atoms with Gasteiger partial charge in [-0.3, -0.25) is 19.2 Å². The van der Waals surface area contributed by atoms with Gasteiger partial charge < -0.3 is 33.9 Å². The lowest BCUT2D eigenvalue weighted by Crippen LogP contribution is -2.36. The normalized spacial score (nSPS) is 13.1. The number of ether oxygens (including phenoxy) is 4. The third-order valence-electron chi connectivity index (χ3n) is 13.9. The van der Waals surface area contributed by atoms with E-state index < -0.39 is 0 Å². The Bertz CT molecular complexity index is 1120. The lowest BCUT2D eigenvalue weighted by atomic mass is 10.0. The van der Waals surface area contributed by atoms with Gasteiger partial charge in [0.05, 0.1) is 33.0 Å². The third kappa shape index (κ3) is 38.5. The zero-order valence-corrected chi connectivity index (χ0v) is 44.9. The van der Waals surface area contributed by atoms with E-state index in [9.17, 15) is 24.3 Å². The molecule has 0 heterocycles. The van der Waals surface area contributed by atoms with Crippen molar-refractivity contribution in [1.82, 2.24) is 9.80 Å². The molecule has 11 heteroatoms. The lowest BCUT2D eigenvalue weighted by Gasteiger charge is -2.29.